The van der Waals surface area contributed by atoms with E-state index in [4.69, 9.17) is 5.26 Å². The predicted octanol–water partition coefficient (Wildman–Crippen LogP) is 3.84. The molecule has 0 spiro atoms. The maximum Gasteiger partial charge on any atom is 0.0696 e. The Morgan fingerprint density at radius 3 is 2.38 bits per heavy atom. The monoisotopic (exact) mass is 177 g/mol. The maximum absolute atomic E-state index is 9.08. The van der Waals surface area contributed by atoms with Crippen LogP contribution >= 0.6 is 0 Å². The van der Waals surface area contributed by atoms with Crippen LogP contribution < -0.4 is 0 Å². The lowest BCUT2D eigenvalue weighted by molar-refractivity contribution is 0.390. The van der Waals surface area contributed by atoms with Crippen molar-refractivity contribution in [3.63, 3.8) is 0 Å². The van der Waals surface area contributed by atoms with E-state index >= 15 is 0 Å². The van der Waals surface area contributed by atoms with Gasteiger partial charge in [-0.3, -0.25) is 0 Å². The van der Waals surface area contributed by atoms with Crippen molar-refractivity contribution in [1.82, 2.24) is 0 Å². The van der Waals surface area contributed by atoms with Crippen LogP contribution in [-0.2, 0) is 0 Å². The Balaban J connectivity index is 4.31. The first-order valence-electron chi connectivity index (χ1n) is 4.91. The van der Waals surface area contributed by atoms with Gasteiger partial charge in [-0.2, -0.15) is 5.26 Å². The summed E-state index contributed by atoms with van der Waals surface area (Å²) >= 11 is 0. The summed E-state index contributed by atoms with van der Waals surface area (Å²) in [6.07, 6.45) is 9.63. The zero-order valence-corrected chi connectivity index (χ0v) is 8.71. The zero-order valence-electron chi connectivity index (χ0n) is 8.71. The van der Waals surface area contributed by atoms with Crippen LogP contribution in [0.2, 0.25) is 0 Å². The second-order valence-electron chi connectivity index (χ2n) is 3.32. The molecule has 0 aliphatic carbocycles. The Bertz CT molecular complexity index is 210. The molecule has 0 saturated carbocycles. The van der Waals surface area contributed by atoms with Crippen LogP contribution in [0.4, 0.5) is 0 Å². The Morgan fingerprint density at radius 1 is 1.31 bits per heavy atom. The van der Waals surface area contributed by atoms with E-state index in [0.717, 1.165) is 25.7 Å². The second kappa shape index (κ2) is 6.48. The molecular formula is C12H19N. The molecule has 0 radical (unpaired) electrons. The molecule has 0 N–H and O–H groups in total. The van der Waals surface area contributed by atoms with Gasteiger partial charge in [0.25, 0.3) is 0 Å². The minimum atomic E-state index is -0.215. The standard InChI is InChI=1S/C12H19N/c1-4-7-8-10-12(6-3,11-13)9-5-2/h5,7-8H,2,4,6,9-10H2,1,3H3. The minimum absolute atomic E-state index is 0.215. The average molecular weight is 177 g/mol. The van der Waals surface area contributed by atoms with Gasteiger partial charge in [0, 0.05) is 0 Å². The SMILES string of the molecule is C=CCC(C#N)(CC)CC=CCC. The van der Waals surface area contributed by atoms with Gasteiger partial charge in [-0.25, -0.2) is 0 Å². The second-order valence-corrected chi connectivity index (χ2v) is 3.32. The summed E-state index contributed by atoms with van der Waals surface area (Å²) in [4.78, 5) is 0. The summed E-state index contributed by atoms with van der Waals surface area (Å²) in [5.41, 5.74) is -0.215. The lowest BCUT2D eigenvalue weighted by Gasteiger charge is -2.21. The molecule has 1 heteroatoms. The number of nitrogens with zero attached hydrogens (tertiary/aromatic N) is 1. The van der Waals surface area contributed by atoms with Crippen LogP contribution in [0.15, 0.2) is 24.8 Å². The van der Waals surface area contributed by atoms with Crippen molar-refractivity contribution < 1.29 is 0 Å². The van der Waals surface area contributed by atoms with Gasteiger partial charge in [0.2, 0.25) is 0 Å². The van der Waals surface area contributed by atoms with Crippen molar-refractivity contribution in [3.8, 4) is 6.07 Å². The van der Waals surface area contributed by atoms with Gasteiger partial charge in [-0.15, -0.1) is 6.58 Å². The molecule has 0 bridgehead atoms. The van der Waals surface area contributed by atoms with Crippen LogP contribution in [0.3, 0.4) is 0 Å². The number of hydrogen-bond acceptors (Lipinski definition) is 1. The van der Waals surface area contributed by atoms with Gasteiger partial charge in [0.1, 0.15) is 0 Å². The Morgan fingerprint density at radius 2 is 2.00 bits per heavy atom. The number of nitriles is 1. The first-order chi connectivity index (χ1) is 6.24. The fraction of sp³-hybridized carbons (Fsp3) is 0.583. The molecule has 0 saturated heterocycles. The highest BCUT2D eigenvalue weighted by atomic mass is 14.4. The molecule has 72 valence electrons. The summed E-state index contributed by atoms with van der Waals surface area (Å²) in [6.45, 7) is 7.86. The fourth-order valence-electron chi connectivity index (χ4n) is 1.29. The van der Waals surface area contributed by atoms with E-state index in [1.165, 1.54) is 0 Å². The van der Waals surface area contributed by atoms with Crippen LogP contribution in [-0.4, -0.2) is 0 Å². The summed E-state index contributed by atoms with van der Waals surface area (Å²) < 4.78 is 0. The van der Waals surface area contributed by atoms with Crippen LogP contribution in [0, 0.1) is 16.7 Å². The molecule has 0 rings (SSSR count). The molecule has 0 aliphatic rings. The van der Waals surface area contributed by atoms with E-state index in [9.17, 15) is 0 Å². The van der Waals surface area contributed by atoms with E-state index < -0.39 is 0 Å². The number of rotatable bonds is 6. The third-order valence-electron chi connectivity index (χ3n) is 2.36. The van der Waals surface area contributed by atoms with Crippen molar-refractivity contribution in [1.29, 1.82) is 5.26 Å². The molecule has 0 aromatic rings. The molecule has 13 heavy (non-hydrogen) atoms. The minimum Gasteiger partial charge on any atom is -0.198 e. The largest absolute Gasteiger partial charge is 0.198 e. The van der Waals surface area contributed by atoms with Crippen LogP contribution in [0.5, 0.6) is 0 Å². The first kappa shape index (κ1) is 12.0. The Kier molecular flexibility index (Phi) is 5.97. The smallest absolute Gasteiger partial charge is 0.0696 e. The maximum atomic E-state index is 9.08. The van der Waals surface area contributed by atoms with Crippen LogP contribution in [0.25, 0.3) is 0 Å². The average Bonchev–Trinajstić information content (AvgIpc) is 2.17. The molecule has 0 aliphatic heterocycles. The van der Waals surface area contributed by atoms with Gasteiger partial charge in [0.05, 0.1) is 11.5 Å². The molecule has 1 unspecified atom stereocenters. The van der Waals surface area contributed by atoms with Crippen molar-refractivity contribution in [3.05, 3.63) is 24.8 Å². The van der Waals surface area contributed by atoms with Crippen molar-refractivity contribution >= 4 is 0 Å². The van der Waals surface area contributed by atoms with Gasteiger partial charge < -0.3 is 0 Å². The summed E-state index contributed by atoms with van der Waals surface area (Å²) in [5, 5.41) is 9.08. The summed E-state index contributed by atoms with van der Waals surface area (Å²) in [5.74, 6) is 0. The van der Waals surface area contributed by atoms with Gasteiger partial charge >= 0.3 is 0 Å². The molecule has 0 aromatic heterocycles. The summed E-state index contributed by atoms with van der Waals surface area (Å²) in [7, 11) is 0. The molecule has 1 nitrogen and oxygen atoms in total. The topological polar surface area (TPSA) is 23.8 Å². The molecule has 1 atom stereocenters. The fourth-order valence-corrected chi connectivity index (χ4v) is 1.29. The van der Waals surface area contributed by atoms with Gasteiger partial charge in [-0.05, 0) is 25.7 Å². The Labute approximate surface area is 81.8 Å². The third-order valence-corrected chi connectivity index (χ3v) is 2.36. The lowest BCUT2D eigenvalue weighted by Crippen LogP contribution is -2.15. The summed E-state index contributed by atoms with van der Waals surface area (Å²) in [6, 6.07) is 2.40. The van der Waals surface area contributed by atoms with Crippen molar-refractivity contribution in [2.24, 2.45) is 5.41 Å². The van der Waals surface area contributed by atoms with E-state index in [-0.39, 0.29) is 5.41 Å². The van der Waals surface area contributed by atoms with Crippen LogP contribution in [0.1, 0.15) is 39.5 Å². The van der Waals surface area contributed by atoms with E-state index in [1.807, 2.05) is 6.08 Å². The molecule has 0 amide bonds. The molecule has 0 aromatic carbocycles. The van der Waals surface area contributed by atoms with E-state index in [1.54, 1.807) is 0 Å². The lowest BCUT2D eigenvalue weighted by atomic mass is 9.80. The zero-order chi connectivity index (χ0) is 10.2. The molecule has 0 heterocycles. The highest BCUT2D eigenvalue weighted by Gasteiger charge is 2.24. The van der Waals surface area contributed by atoms with E-state index in [0.29, 0.717) is 0 Å². The third kappa shape index (κ3) is 3.94. The number of allylic oxidation sites excluding steroid dienone is 3. The molecule has 0 fully saturated rings. The van der Waals surface area contributed by atoms with Gasteiger partial charge in [0.15, 0.2) is 0 Å². The molecular weight excluding hydrogens is 158 g/mol. The quantitative estimate of drug-likeness (QED) is 0.565. The Hall–Kier alpha value is -1.03. The normalized spacial score (nSPS) is 15.2. The first-order valence-corrected chi connectivity index (χ1v) is 4.91. The highest BCUT2D eigenvalue weighted by molar-refractivity contribution is 5.05. The van der Waals surface area contributed by atoms with Crippen molar-refractivity contribution in [2.75, 3.05) is 0 Å². The highest BCUT2D eigenvalue weighted by Crippen LogP contribution is 2.30. The van der Waals surface area contributed by atoms with Crippen molar-refractivity contribution in [2.45, 2.75) is 39.5 Å². The van der Waals surface area contributed by atoms with E-state index in [2.05, 4.69) is 38.6 Å². The number of hydrogen-bond donors (Lipinski definition) is 0. The predicted molar refractivity (Wildman–Crippen MR) is 57.2 cm³/mol. The van der Waals surface area contributed by atoms with Gasteiger partial charge in [-0.1, -0.05) is 32.1 Å².